The Balaban J connectivity index is 1.11. The minimum atomic E-state index is -0.0576. The van der Waals surface area contributed by atoms with Crippen LogP contribution < -0.4 is 0 Å². The van der Waals surface area contributed by atoms with Crippen molar-refractivity contribution in [3.05, 3.63) is 139 Å². The molecule has 5 aromatic carbocycles. The number of rotatable bonds is 3. The summed E-state index contributed by atoms with van der Waals surface area (Å²) in [7, 11) is 0. The molecule has 9 rings (SSSR count). The van der Waals surface area contributed by atoms with Gasteiger partial charge in [0.1, 0.15) is 5.52 Å². The van der Waals surface area contributed by atoms with Gasteiger partial charge >= 0.3 is 0 Å². The number of oxazole rings is 1. The molecule has 4 heteroatoms. The van der Waals surface area contributed by atoms with Gasteiger partial charge in [-0.25, -0.2) is 15.0 Å². The van der Waals surface area contributed by atoms with Gasteiger partial charge in [-0.15, -0.1) is 0 Å². The number of fused-ring (bicyclic) bond motifs is 7. The van der Waals surface area contributed by atoms with Crippen LogP contribution in [-0.4, -0.2) is 15.0 Å². The summed E-state index contributed by atoms with van der Waals surface area (Å²) in [6, 6.07) is 44.3. The molecule has 0 saturated carbocycles. The average Bonchev–Trinajstić information content (AvgIpc) is 3.61. The molecule has 0 bridgehead atoms. The van der Waals surface area contributed by atoms with Crippen molar-refractivity contribution in [2.45, 2.75) is 19.3 Å². The van der Waals surface area contributed by atoms with Crippen LogP contribution in [0.5, 0.6) is 0 Å². The summed E-state index contributed by atoms with van der Waals surface area (Å²) in [6.45, 7) is 4.63. The van der Waals surface area contributed by atoms with E-state index in [4.69, 9.17) is 14.4 Å². The van der Waals surface area contributed by atoms with Crippen LogP contribution in [-0.2, 0) is 5.41 Å². The van der Waals surface area contributed by atoms with E-state index in [0.717, 1.165) is 61.0 Å². The number of para-hydroxylation sites is 2. The van der Waals surface area contributed by atoms with E-state index in [1.807, 2.05) is 36.4 Å². The molecule has 0 saturated heterocycles. The second-order valence-electron chi connectivity index (χ2n) is 12.1. The van der Waals surface area contributed by atoms with Crippen LogP contribution in [0.4, 0.5) is 0 Å². The highest BCUT2D eigenvalue weighted by Crippen LogP contribution is 2.49. The smallest absolute Gasteiger partial charge is 0.227 e. The van der Waals surface area contributed by atoms with Crippen LogP contribution >= 0.6 is 0 Å². The van der Waals surface area contributed by atoms with Crippen LogP contribution in [0.3, 0.4) is 0 Å². The van der Waals surface area contributed by atoms with Crippen molar-refractivity contribution in [3.63, 3.8) is 0 Å². The summed E-state index contributed by atoms with van der Waals surface area (Å²) in [5.41, 5.74) is 13.7. The molecule has 1 aliphatic rings. The maximum absolute atomic E-state index is 5.97. The van der Waals surface area contributed by atoms with Gasteiger partial charge in [-0.1, -0.05) is 98.8 Å². The lowest BCUT2D eigenvalue weighted by Crippen LogP contribution is -2.14. The molecule has 0 spiro atoms. The number of nitrogens with zero attached hydrogens (tertiary/aromatic N) is 3. The van der Waals surface area contributed by atoms with Gasteiger partial charge in [0, 0.05) is 32.9 Å². The van der Waals surface area contributed by atoms with Gasteiger partial charge in [-0.05, 0) is 64.7 Å². The standard InChI is InChI=1S/C40H27N3O/c1-40(2)31-8-4-3-7-29(31)30-20-17-28(23-32(30)40)34-22-19-26-14-13-25-18-21-33(41-37(25)38(26)42-34)24-11-15-27(16-12-24)39-43-35-9-5-6-10-36(35)44-39/h3-23H,1-2H3. The Labute approximate surface area is 254 Å². The minimum Gasteiger partial charge on any atom is -0.436 e. The summed E-state index contributed by atoms with van der Waals surface area (Å²) in [6.07, 6.45) is 0. The fourth-order valence-electron chi connectivity index (χ4n) is 6.73. The molecule has 8 aromatic rings. The van der Waals surface area contributed by atoms with Gasteiger partial charge in [0.25, 0.3) is 0 Å². The molecule has 4 nitrogen and oxygen atoms in total. The van der Waals surface area contributed by atoms with E-state index >= 15 is 0 Å². The predicted octanol–water partition coefficient (Wildman–Crippen LogP) is 10.2. The largest absolute Gasteiger partial charge is 0.436 e. The zero-order valence-corrected chi connectivity index (χ0v) is 24.4. The predicted molar refractivity (Wildman–Crippen MR) is 178 cm³/mol. The lowest BCUT2D eigenvalue weighted by atomic mass is 9.82. The molecule has 3 aromatic heterocycles. The molecule has 1 aliphatic carbocycles. The molecule has 208 valence electrons. The topological polar surface area (TPSA) is 51.8 Å². The van der Waals surface area contributed by atoms with Crippen molar-refractivity contribution in [3.8, 4) is 45.1 Å². The van der Waals surface area contributed by atoms with Crippen molar-refractivity contribution >= 4 is 32.9 Å². The average molecular weight is 566 g/mol. The molecule has 3 heterocycles. The summed E-state index contributed by atoms with van der Waals surface area (Å²) in [5.74, 6) is 0.616. The van der Waals surface area contributed by atoms with Gasteiger partial charge in [0.2, 0.25) is 5.89 Å². The van der Waals surface area contributed by atoms with Crippen molar-refractivity contribution in [1.29, 1.82) is 0 Å². The van der Waals surface area contributed by atoms with Gasteiger partial charge < -0.3 is 4.42 Å². The first-order valence-corrected chi connectivity index (χ1v) is 14.9. The molecule has 0 radical (unpaired) electrons. The van der Waals surface area contributed by atoms with E-state index in [1.54, 1.807) is 0 Å². The molecule has 0 aliphatic heterocycles. The van der Waals surface area contributed by atoms with Gasteiger partial charge in [0.15, 0.2) is 5.58 Å². The SMILES string of the molecule is CC1(C)c2ccccc2-c2ccc(-c3ccc4ccc5ccc(-c6ccc(-c7nc8ccccc8o7)cc6)nc5c4n3)cc21. The quantitative estimate of drug-likeness (QED) is 0.200. The summed E-state index contributed by atoms with van der Waals surface area (Å²) in [4.78, 5) is 15.0. The zero-order valence-electron chi connectivity index (χ0n) is 24.4. The van der Waals surface area contributed by atoms with Crippen molar-refractivity contribution in [2.75, 3.05) is 0 Å². The molecule has 0 N–H and O–H groups in total. The number of pyridine rings is 2. The number of aromatic nitrogens is 3. The third kappa shape index (κ3) is 3.74. The number of hydrogen-bond acceptors (Lipinski definition) is 4. The van der Waals surface area contributed by atoms with E-state index in [-0.39, 0.29) is 5.41 Å². The molecule has 0 atom stereocenters. The van der Waals surface area contributed by atoms with E-state index in [9.17, 15) is 0 Å². The lowest BCUT2D eigenvalue weighted by molar-refractivity contribution is 0.620. The van der Waals surface area contributed by atoms with E-state index in [0.29, 0.717) is 5.89 Å². The van der Waals surface area contributed by atoms with Gasteiger partial charge in [0.05, 0.1) is 22.4 Å². The Hall–Kier alpha value is -5.61. The highest BCUT2D eigenvalue weighted by atomic mass is 16.3. The van der Waals surface area contributed by atoms with Crippen LogP contribution in [0.1, 0.15) is 25.0 Å². The molecule has 44 heavy (non-hydrogen) atoms. The highest BCUT2D eigenvalue weighted by molar-refractivity contribution is 6.04. The monoisotopic (exact) mass is 565 g/mol. The van der Waals surface area contributed by atoms with Crippen LogP contribution in [0.2, 0.25) is 0 Å². The number of benzene rings is 5. The second kappa shape index (κ2) is 9.19. The Morgan fingerprint density at radius 3 is 1.84 bits per heavy atom. The molecular formula is C40H27N3O. The fourth-order valence-corrected chi connectivity index (χ4v) is 6.73. The van der Waals surface area contributed by atoms with E-state index in [1.165, 1.54) is 22.3 Å². The molecule has 0 fully saturated rings. The van der Waals surface area contributed by atoms with Crippen molar-refractivity contribution in [1.82, 2.24) is 15.0 Å². The third-order valence-corrected chi connectivity index (χ3v) is 9.12. The van der Waals surface area contributed by atoms with Gasteiger partial charge in [-0.3, -0.25) is 0 Å². The maximum atomic E-state index is 5.97. The maximum Gasteiger partial charge on any atom is 0.227 e. The highest BCUT2D eigenvalue weighted by Gasteiger charge is 2.35. The van der Waals surface area contributed by atoms with Crippen LogP contribution in [0.15, 0.2) is 132 Å². The van der Waals surface area contributed by atoms with Crippen molar-refractivity contribution in [2.24, 2.45) is 0 Å². The first-order chi connectivity index (χ1) is 21.5. The normalized spacial score (nSPS) is 13.4. The Morgan fingerprint density at radius 2 is 1.09 bits per heavy atom. The van der Waals surface area contributed by atoms with Crippen molar-refractivity contribution < 1.29 is 4.42 Å². The van der Waals surface area contributed by atoms with Crippen LogP contribution in [0, 0.1) is 0 Å². The first kappa shape index (κ1) is 24.9. The lowest BCUT2D eigenvalue weighted by Gasteiger charge is -2.21. The van der Waals surface area contributed by atoms with Gasteiger partial charge in [-0.2, -0.15) is 0 Å². The van der Waals surface area contributed by atoms with Crippen LogP contribution in [0.25, 0.3) is 78.0 Å². The summed E-state index contributed by atoms with van der Waals surface area (Å²) < 4.78 is 5.97. The van der Waals surface area contributed by atoms with E-state index in [2.05, 4.69) is 110 Å². The first-order valence-electron chi connectivity index (χ1n) is 14.9. The molecular weight excluding hydrogens is 538 g/mol. The molecule has 0 unspecified atom stereocenters. The Kier molecular flexibility index (Phi) is 5.21. The minimum absolute atomic E-state index is 0.0576. The Morgan fingerprint density at radius 1 is 0.500 bits per heavy atom. The number of hydrogen-bond donors (Lipinski definition) is 0. The molecule has 0 amide bonds. The zero-order chi connectivity index (χ0) is 29.4. The van der Waals surface area contributed by atoms with E-state index < -0.39 is 0 Å². The second-order valence-corrected chi connectivity index (χ2v) is 12.1. The summed E-state index contributed by atoms with van der Waals surface area (Å²) in [5, 5.41) is 2.14. The summed E-state index contributed by atoms with van der Waals surface area (Å²) >= 11 is 0. The Bertz CT molecular complexity index is 2380. The third-order valence-electron chi connectivity index (χ3n) is 9.12. The fraction of sp³-hybridized carbons (Fsp3) is 0.0750.